The molecule has 0 aliphatic carbocycles. The van der Waals surface area contributed by atoms with E-state index in [-0.39, 0.29) is 0 Å². The van der Waals surface area contributed by atoms with Crippen molar-refractivity contribution in [3.05, 3.63) is 24.3 Å². The number of amides is 1. The lowest BCUT2D eigenvalue weighted by atomic mass is 10.1. The van der Waals surface area contributed by atoms with Crippen molar-refractivity contribution in [3.8, 4) is 0 Å². The highest BCUT2D eigenvalue weighted by molar-refractivity contribution is 7.98. The van der Waals surface area contributed by atoms with E-state index in [1.165, 1.54) is 18.7 Å². The Labute approximate surface area is 98.0 Å². The molecule has 1 atom stereocenters. The maximum atomic E-state index is 11.5. The van der Waals surface area contributed by atoms with E-state index in [2.05, 4.69) is 5.32 Å². The smallest absolute Gasteiger partial charge is 0.315 e. The van der Waals surface area contributed by atoms with E-state index < -0.39 is 17.8 Å². The topological polar surface area (TPSA) is 66.4 Å². The van der Waals surface area contributed by atoms with Crippen LogP contribution in [0.4, 0.5) is 5.69 Å². The zero-order valence-electron chi connectivity index (χ0n) is 9.06. The predicted molar refractivity (Wildman–Crippen MR) is 63.7 cm³/mol. The Hall–Kier alpha value is -1.49. The summed E-state index contributed by atoms with van der Waals surface area (Å²) in [6.07, 6.45) is 1.89. The summed E-state index contributed by atoms with van der Waals surface area (Å²) in [5, 5.41) is 11.3. The van der Waals surface area contributed by atoms with Crippen molar-refractivity contribution < 1.29 is 14.7 Å². The average Bonchev–Trinajstić information content (AvgIpc) is 2.28. The molecule has 1 aromatic carbocycles. The van der Waals surface area contributed by atoms with Crippen molar-refractivity contribution in [1.29, 1.82) is 0 Å². The molecule has 2 N–H and O–H groups in total. The molecule has 1 rings (SSSR count). The van der Waals surface area contributed by atoms with Gasteiger partial charge in [-0.15, -0.1) is 11.8 Å². The van der Waals surface area contributed by atoms with E-state index in [1.807, 2.05) is 18.4 Å². The monoisotopic (exact) mass is 239 g/mol. The van der Waals surface area contributed by atoms with Crippen molar-refractivity contribution in [1.82, 2.24) is 0 Å². The first-order valence-corrected chi connectivity index (χ1v) is 5.95. The van der Waals surface area contributed by atoms with Crippen LogP contribution < -0.4 is 5.32 Å². The van der Waals surface area contributed by atoms with Crippen LogP contribution in [0, 0.1) is 5.92 Å². The predicted octanol–water partition coefficient (Wildman–Crippen LogP) is 2.07. The first-order chi connectivity index (χ1) is 7.56. The molecule has 0 bridgehead atoms. The SMILES string of the molecule is CSc1ccccc1NC(=O)C(C)C(=O)O. The molecule has 1 amide bonds. The largest absolute Gasteiger partial charge is 0.481 e. The number of rotatable bonds is 4. The lowest BCUT2D eigenvalue weighted by Crippen LogP contribution is -2.27. The highest BCUT2D eigenvalue weighted by atomic mass is 32.2. The zero-order valence-corrected chi connectivity index (χ0v) is 9.88. The third-order valence-corrected chi connectivity index (χ3v) is 2.92. The van der Waals surface area contributed by atoms with Gasteiger partial charge in [0.25, 0.3) is 0 Å². The van der Waals surface area contributed by atoms with Gasteiger partial charge < -0.3 is 10.4 Å². The van der Waals surface area contributed by atoms with Crippen molar-refractivity contribution in [3.63, 3.8) is 0 Å². The third-order valence-electron chi connectivity index (χ3n) is 2.13. The van der Waals surface area contributed by atoms with Gasteiger partial charge >= 0.3 is 5.97 Å². The number of nitrogens with one attached hydrogen (secondary N) is 1. The fourth-order valence-electron chi connectivity index (χ4n) is 1.10. The number of carboxylic acids is 1. The Bertz CT molecular complexity index is 406. The molecule has 0 aliphatic rings. The Morgan fingerprint density at radius 3 is 2.56 bits per heavy atom. The molecule has 0 saturated carbocycles. The van der Waals surface area contributed by atoms with E-state index in [4.69, 9.17) is 5.11 Å². The van der Waals surface area contributed by atoms with Gasteiger partial charge in [-0.05, 0) is 25.3 Å². The number of carbonyl (C=O) groups excluding carboxylic acids is 1. The van der Waals surface area contributed by atoms with Crippen molar-refractivity contribution in [2.24, 2.45) is 5.92 Å². The second-order valence-electron chi connectivity index (χ2n) is 3.25. The van der Waals surface area contributed by atoms with Gasteiger partial charge in [0.15, 0.2) is 0 Å². The number of carbonyl (C=O) groups is 2. The number of hydrogen-bond acceptors (Lipinski definition) is 3. The van der Waals surface area contributed by atoms with Crippen LogP contribution in [0.3, 0.4) is 0 Å². The first kappa shape index (κ1) is 12.6. The normalized spacial score (nSPS) is 11.9. The molecular formula is C11H13NO3S. The summed E-state index contributed by atoms with van der Waals surface area (Å²) in [6, 6.07) is 7.27. The quantitative estimate of drug-likeness (QED) is 0.623. The average molecular weight is 239 g/mol. The number of para-hydroxylation sites is 1. The fourth-order valence-corrected chi connectivity index (χ4v) is 1.65. The number of benzene rings is 1. The van der Waals surface area contributed by atoms with Crippen LogP contribution in [0.5, 0.6) is 0 Å². The fraction of sp³-hybridized carbons (Fsp3) is 0.273. The Kier molecular flexibility index (Phi) is 4.37. The van der Waals surface area contributed by atoms with Gasteiger partial charge in [-0.1, -0.05) is 12.1 Å². The summed E-state index contributed by atoms with van der Waals surface area (Å²) in [4.78, 5) is 23.1. The minimum Gasteiger partial charge on any atom is -0.481 e. The van der Waals surface area contributed by atoms with Gasteiger partial charge in [-0.3, -0.25) is 9.59 Å². The molecule has 0 fully saturated rings. The number of anilines is 1. The Morgan fingerprint density at radius 1 is 1.38 bits per heavy atom. The number of aliphatic carboxylic acids is 1. The van der Waals surface area contributed by atoms with Crippen LogP contribution >= 0.6 is 11.8 Å². The minimum absolute atomic E-state index is 0.506. The summed E-state index contributed by atoms with van der Waals surface area (Å²) >= 11 is 1.50. The molecule has 4 nitrogen and oxygen atoms in total. The summed E-state index contributed by atoms with van der Waals surface area (Å²) in [6.45, 7) is 1.36. The molecule has 86 valence electrons. The van der Waals surface area contributed by atoms with Crippen molar-refractivity contribution in [2.45, 2.75) is 11.8 Å². The van der Waals surface area contributed by atoms with Crippen LogP contribution in [-0.2, 0) is 9.59 Å². The van der Waals surface area contributed by atoms with E-state index in [9.17, 15) is 9.59 Å². The molecule has 0 heterocycles. The van der Waals surface area contributed by atoms with Crippen LogP contribution in [0.1, 0.15) is 6.92 Å². The molecule has 0 aliphatic heterocycles. The minimum atomic E-state index is -1.13. The molecule has 0 radical (unpaired) electrons. The molecular weight excluding hydrogens is 226 g/mol. The zero-order chi connectivity index (χ0) is 12.1. The summed E-state index contributed by atoms with van der Waals surface area (Å²) < 4.78 is 0. The van der Waals surface area contributed by atoms with E-state index in [0.717, 1.165) is 4.90 Å². The lowest BCUT2D eigenvalue weighted by Gasteiger charge is -2.11. The standard InChI is InChI=1S/C11H13NO3S/c1-7(11(14)15)10(13)12-8-5-3-4-6-9(8)16-2/h3-7H,1-2H3,(H,12,13)(H,14,15). The summed E-state index contributed by atoms with van der Waals surface area (Å²) in [5.41, 5.74) is 0.646. The second kappa shape index (κ2) is 5.55. The number of carboxylic acid groups (broad SMARTS) is 1. The molecule has 0 saturated heterocycles. The first-order valence-electron chi connectivity index (χ1n) is 4.73. The Morgan fingerprint density at radius 2 is 2.00 bits per heavy atom. The highest BCUT2D eigenvalue weighted by Gasteiger charge is 2.20. The van der Waals surface area contributed by atoms with Gasteiger partial charge in [0.05, 0.1) is 5.69 Å². The van der Waals surface area contributed by atoms with Crippen molar-refractivity contribution in [2.75, 3.05) is 11.6 Å². The van der Waals surface area contributed by atoms with Gasteiger partial charge in [0, 0.05) is 4.90 Å². The number of thioether (sulfide) groups is 1. The highest BCUT2D eigenvalue weighted by Crippen LogP contribution is 2.24. The van der Waals surface area contributed by atoms with E-state index in [0.29, 0.717) is 5.69 Å². The summed E-state index contributed by atoms with van der Waals surface area (Å²) in [7, 11) is 0. The van der Waals surface area contributed by atoms with Crippen LogP contribution in [-0.4, -0.2) is 23.2 Å². The second-order valence-corrected chi connectivity index (χ2v) is 4.10. The van der Waals surface area contributed by atoms with Gasteiger partial charge in [-0.2, -0.15) is 0 Å². The molecule has 0 aromatic heterocycles. The number of hydrogen-bond donors (Lipinski definition) is 2. The van der Waals surface area contributed by atoms with Crippen molar-refractivity contribution >= 4 is 29.3 Å². The van der Waals surface area contributed by atoms with Gasteiger partial charge in [-0.25, -0.2) is 0 Å². The van der Waals surface area contributed by atoms with Crippen LogP contribution in [0.25, 0.3) is 0 Å². The molecule has 1 unspecified atom stereocenters. The summed E-state index contributed by atoms with van der Waals surface area (Å²) in [5.74, 6) is -2.68. The maximum absolute atomic E-state index is 11.5. The third kappa shape index (κ3) is 3.00. The molecule has 5 heteroatoms. The molecule has 1 aromatic rings. The van der Waals surface area contributed by atoms with E-state index in [1.54, 1.807) is 12.1 Å². The lowest BCUT2D eigenvalue weighted by molar-refractivity contribution is -0.144. The van der Waals surface area contributed by atoms with Gasteiger partial charge in [0.2, 0.25) is 5.91 Å². The maximum Gasteiger partial charge on any atom is 0.315 e. The Balaban J connectivity index is 2.80. The molecule has 16 heavy (non-hydrogen) atoms. The van der Waals surface area contributed by atoms with E-state index >= 15 is 0 Å². The molecule has 0 spiro atoms. The van der Waals surface area contributed by atoms with Crippen LogP contribution in [0.15, 0.2) is 29.2 Å². The van der Waals surface area contributed by atoms with Gasteiger partial charge in [0.1, 0.15) is 5.92 Å². The van der Waals surface area contributed by atoms with Crippen LogP contribution in [0.2, 0.25) is 0 Å².